The van der Waals surface area contributed by atoms with Crippen LogP contribution < -0.4 is 5.32 Å². The molecule has 2 aromatic rings. The summed E-state index contributed by atoms with van der Waals surface area (Å²) in [6.45, 7) is 2.22. The normalized spacial score (nSPS) is 17.8. The fraction of sp³-hybridized carbons (Fsp3) is 0.417. The molecule has 0 saturated carbocycles. The Morgan fingerprint density at radius 3 is 3.00 bits per heavy atom. The Hall–Kier alpha value is -1.13. The van der Waals surface area contributed by atoms with Crippen molar-refractivity contribution < 1.29 is 4.42 Å². The summed E-state index contributed by atoms with van der Waals surface area (Å²) in [6, 6.07) is 3.86. The average Bonchev–Trinajstić information content (AvgIpc) is 3.01. The van der Waals surface area contributed by atoms with Crippen molar-refractivity contribution in [3.05, 3.63) is 28.8 Å². The minimum Gasteiger partial charge on any atom is -0.463 e. The molecule has 0 atom stereocenters. The fourth-order valence-electron chi connectivity index (χ4n) is 2.08. The van der Waals surface area contributed by atoms with E-state index in [1.54, 1.807) is 17.6 Å². The van der Waals surface area contributed by atoms with E-state index in [0.717, 1.165) is 24.5 Å². The van der Waals surface area contributed by atoms with Crippen LogP contribution in [0.15, 0.2) is 28.2 Å². The number of piperidine rings is 1. The molecule has 84 valence electrons. The molecule has 0 bridgehead atoms. The second-order valence-electron chi connectivity index (χ2n) is 4.07. The smallest absolute Gasteiger partial charge is 0.153 e. The van der Waals surface area contributed by atoms with Crippen molar-refractivity contribution in [2.45, 2.75) is 18.8 Å². The zero-order chi connectivity index (χ0) is 10.8. The van der Waals surface area contributed by atoms with Gasteiger partial charge < -0.3 is 9.73 Å². The first-order chi connectivity index (χ1) is 7.93. The van der Waals surface area contributed by atoms with Gasteiger partial charge in [-0.1, -0.05) is 0 Å². The van der Waals surface area contributed by atoms with Crippen molar-refractivity contribution in [3.63, 3.8) is 0 Å². The summed E-state index contributed by atoms with van der Waals surface area (Å²) in [5, 5.41) is 6.73. The van der Waals surface area contributed by atoms with Gasteiger partial charge in [-0.3, -0.25) is 0 Å². The van der Waals surface area contributed by atoms with Crippen molar-refractivity contribution in [3.8, 4) is 11.5 Å². The highest BCUT2D eigenvalue weighted by molar-refractivity contribution is 7.10. The van der Waals surface area contributed by atoms with E-state index in [4.69, 9.17) is 4.42 Å². The average molecular weight is 234 g/mol. The minimum absolute atomic E-state index is 0.634. The highest BCUT2D eigenvalue weighted by atomic mass is 32.1. The zero-order valence-electron chi connectivity index (χ0n) is 8.98. The van der Waals surface area contributed by atoms with Gasteiger partial charge in [0.1, 0.15) is 5.69 Å². The Labute approximate surface area is 98.5 Å². The Morgan fingerprint density at radius 2 is 2.25 bits per heavy atom. The number of furan rings is 1. The van der Waals surface area contributed by atoms with E-state index in [9.17, 15) is 0 Å². The number of nitrogens with one attached hydrogen (secondary N) is 1. The van der Waals surface area contributed by atoms with Crippen molar-refractivity contribution in [1.29, 1.82) is 0 Å². The van der Waals surface area contributed by atoms with Gasteiger partial charge in [0.2, 0.25) is 0 Å². The second kappa shape index (κ2) is 4.39. The molecular formula is C12H14N2OS. The molecule has 0 aliphatic carbocycles. The van der Waals surface area contributed by atoms with Gasteiger partial charge in [0, 0.05) is 11.3 Å². The topological polar surface area (TPSA) is 38.1 Å². The quantitative estimate of drug-likeness (QED) is 0.868. The summed E-state index contributed by atoms with van der Waals surface area (Å²) in [5.41, 5.74) is 0.975. The van der Waals surface area contributed by atoms with Crippen LogP contribution in [0.2, 0.25) is 0 Å². The fourth-order valence-corrected chi connectivity index (χ4v) is 3.06. The highest BCUT2D eigenvalue weighted by Gasteiger charge is 2.19. The predicted octanol–water partition coefficient (Wildman–Crippen LogP) is 2.87. The summed E-state index contributed by atoms with van der Waals surface area (Å²) in [4.78, 5) is 4.67. The zero-order valence-corrected chi connectivity index (χ0v) is 9.80. The molecule has 1 fully saturated rings. The number of aromatic nitrogens is 1. The highest BCUT2D eigenvalue weighted by Crippen LogP contribution is 2.31. The lowest BCUT2D eigenvalue weighted by atomic mass is 9.99. The summed E-state index contributed by atoms with van der Waals surface area (Å²) in [6.07, 6.45) is 4.09. The van der Waals surface area contributed by atoms with Gasteiger partial charge in [-0.2, -0.15) is 0 Å². The van der Waals surface area contributed by atoms with Crippen LogP contribution in [0.25, 0.3) is 11.5 Å². The van der Waals surface area contributed by atoms with Crippen LogP contribution in [0.5, 0.6) is 0 Å². The first-order valence-corrected chi connectivity index (χ1v) is 6.51. The molecule has 0 unspecified atom stereocenters. The third kappa shape index (κ3) is 1.90. The lowest BCUT2D eigenvalue weighted by Crippen LogP contribution is -2.26. The number of rotatable bonds is 2. The van der Waals surface area contributed by atoms with E-state index in [-0.39, 0.29) is 0 Å². The summed E-state index contributed by atoms with van der Waals surface area (Å²) in [5.74, 6) is 1.51. The first-order valence-electron chi connectivity index (χ1n) is 5.63. The summed E-state index contributed by atoms with van der Waals surface area (Å²) < 4.78 is 5.35. The molecule has 1 aliphatic heterocycles. The molecule has 3 rings (SSSR count). The van der Waals surface area contributed by atoms with Crippen LogP contribution in [0, 0.1) is 0 Å². The molecule has 1 saturated heterocycles. The molecule has 0 aromatic carbocycles. The molecule has 1 aliphatic rings. The standard InChI is InChI=1S/C12H14N2OS/c1-2-11(15-7-1)10-8-16-12(14-10)9-3-5-13-6-4-9/h1-2,7-9,13H,3-6H2. The Morgan fingerprint density at radius 1 is 1.38 bits per heavy atom. The Kier molecular flexibility index (Phi) is 2.76. The number of thiazole rings is 1. The maximum Gasteiger partial charge on any atom is 0.153 e. The molecular weight excluding hydrogens is 220 g/mol. The first kappa shape index (κ1) is 10.1. The van der Waals surface area contributed by atoms with E-state index in [1.807, 2.05) is 12.1 Å². The second-order valence-corrected chi connectivity index (χ2v) is 4.96. The molecule has 1 N–H and O–H groups in total. The van der Waals surface area contributed by atoms with E-state index in [0.29, 0.717) is 5.92 Å². The van der Waals surface area contributed by atoms with E-state index in [1.165, 1.54) is 17.8 Å². The lowest BCUT2D eigenvalue weighted by molar-refractivity contribution is 0.459. The molecule has 2 aromatic heterocycles. The number of hydrogen-bond acceptors (Lipinski definition) is 4. The molecule has 3 nitrogen and oxygen atoms in total. The van der Waals surface area contributed by atoms with Crippen LogP contribution in [0.3, 0.4) is 0 Å². The van der Waals surface area contributed by atoms with Crippen molar-refractivity contribution in [1.82, 2.24) is 10.3 Å². The molecule has 0 radical (unpaired) electrons. The van der Waals surface area contributed by atoms with Gasteiger partial charge in [-0.25, -0.2) is 4.98 Å². The van der Waals surface area contributed by atoms with Crippen LogP contribution >= 0.6 is 11.3 Å². The van der Waals surface area contributed by atoms with Gasteiger partial charge in [0.05, 0.1) is 11.3 Å². The van der Waals surface area contributed by atoms with Gasteiger partial charge in [0.15, 0.2) is 5.76 Å². The van der Waals surface area contributed by atoms with E-state index >= 15 is 0 Å². The van der Waals surface area contributed by atoms with Crippen LogP contribution in [-0.4, -0.2) is 18.1 Å². The molecule has 16 heavy (non-hydrogen) atoms. The molecule has 3 heterocycles. The van der Waals surface area contributed by atoms with E-state index in [2.05, 4.69) is 15.7 Å². The molecule has 0 spiro atoms. The maximum absolute atomic E-state index is 5.35. The summed E-state index contributed by atoms with van der Waals surface area (Å²) in [7, 11) is 0. The van der Waals surface area contributed by atoms with Gasteiger partial charge >= 0.3 is 0 Å². The number of hydrogen-bond donors (Lipinski definition) is 1. The molecule has 0 amide bonds. The van der Waals surface area contributed by atoms with Gasteiger partial charge in [0.25, 0.3) is 0 Å². The third-order valence-electron chi connectivity index (χ3n) is 2.98. The number of nitrogens with zero attached hydrogens (tertiary/aromatic N) is 1. The Balaban J connectivity index is 1.82. The van der Waals surface area contributed by atoms with Crippen molar-refractivity contribution >= 4 is 11.3 Å². The monoisotopic (exact) mass is 234 g/mol. The van der Waals surface area contributed by atoms with Crippen LogP contribution in [0.4, 0.5) is 0 Å². The lowest BCUT2D eigenvalue weighted by Gasteiger charge is -2.20. The van der Waals surface area contributed by atoms with E-state index < -0.39 is 0 Å². The third-order valence-corrected chi connectivity index (χ3v) is 3.99. The molecule has 4 heteroatoms. The van der Waals surface area contributed by atoms with Gasteiger partial charge in [-0.15, -0.1) is 11.3 Å². The largest absolute Gasteiger partial charge is 0.463 e. The van der Waals surface area contributed by atoms with Crippen LogP contribution in [0.1, 0.15) is 23.8 Å². The van der Waals surface area contributed by atoms with Gasteiger partial charge in [-0.05, 0) is 38.1 Å². The predicted molar refractivity (Wildman–Crippen MR) is 64.7 cm³/mol. The van der Waals surface area contributed by atoms with Crippen LogP contribution in [-0.2, 0) is 0 Å². The van der Waals surface area contributed by atoms with Crippen molar-refractivity contribution in [2.75, 3.05) is 13.1 Å². The maximum atomic E-state index is 5.35. The SMILES string of the molecule is c1coc(-c2csc(C3CCNCC3)n2)c1. The van der Waals surface area contributed by atoms with Crippen molar-refractivity contribution in [2.24, 2.45) is 0 Å². The Bertz CT molecular complexity index is 443. The summed E-state index contributed by atoms with van der Waals surface area (Å²) >= 11 is 1.76. The minimum atomic E-state index is 0.634.